The summed E-state index contributed by atoms with van der Waals surface area (Å²) in [5.41, 5.74) is 6.52. The summed E-state index contributed by atoms with van der Waals surface area (Å²) in [6.07, 6.45) is 6.85. The molecule has 0 radical (unpaired) electrons. The molecule has 3 saturated heterocycles. The van der Waals surface area contributed by atoms with Crippen molar-refractivity contribution in [2.24, 2.45) is 11.7 Å². The molecule has 3 fully saturated rings. The van der Waals surface area contributed by atoms with Gasteiger partial charge in [-0.2, -0.15) is 11.8 Å². The summed E-state index contributed by atoms with van der Waals surface area (Å²) >= 11 is 2.12. The summed E-state index contributed by atoms with van der Waals surface area (Å²) in [4.78, 5) is 5.38. The SMILES string of the molecule is CN1CCCC2CN(C3(CN)CCCSC3)CCC21. The van der Waals surface area contributed by atoms with E-state index in [0.29, 0.717) is 5.54 Å². The highest BCUT2D eigenvalue weighted by molar-refractivity contribution is 7.99. The Morgan fingerprint density at radius 2 is 2.16 bits per heavy atom. The molecule has 0 spiro atoms. The maximum absolute atomic E-state index is 6.20. The fourth-order valence-corrected chi connectivity index (χ4v) is 5.78. The monoisotopic (exact) mass is 283 g/mol. The average molecular weight is 283 g/mol. The van der Waals surface area contributed by atoms with Gasteiger partial charge in [-0.25, -0.2) is 0 Å². The van der Waals surface area contributed by atoms with Gasteiger partial charge in [0.15, 0.2) is 0 Å². The summed E-state index contributed by atoms with van der Waals surface area (Å²) in [6.45, 7) is 4.72. The van der Waals surface area contributed by atoms with Gasteiger partial charge in [0.1, 0.15) is 0 Å². The van der Waals surface area contributed by atoms with Gasteiger partial charge in [0, 0.05) is 37.0 Å². The zero-order valence-corrected chi connectivity index (χ0v) is 13.1. The van der Waals surface area contributed by atoms with Crippen molar-refractivity contribution < 1.29 is 0 Å². The first kappa shape index (κ1) is 14.2. The fourth-order valence-electron chi connectivity index (χ4n) is 4.46. The van der Waals surface area contributed by atoms with Gasteiger partial charge < -0.3 is 10.6 Å². The minimum atomic E-state index is 0.323. The number of fused-ring (bicyclic) bond motifs is 1. The molecule has 3 heterocycles. The van der Waals surface area contributed by atoms with E-state index in [1.54, 1.807) is 0 Å². The second-order valence-corrected chi connectivity index (χ2v) is 7.87. The van der Waals surface area contributed by atoms with Gasteiger partial charge in [0.25, 0.3) is 0 Å². The van der Waals surface area contributed by atoms with Gasteiger partial charge in [-0.15, -0.1) is 0 Å². The number of thioether (sulfide) groups is 1. The van der Waals surface area contributed by atoms with Crippen LogP contribution in [-0.2, 0) is 0 Å². The summed E-state index contributed by atoms with van der Waals surface area (Å²) in [7, 11) is 2.32. The van der Waals surface area contributed by atoms with Crippen molar-refractivity contribution in [2.45, 2.75) is 43.7 Å². The molecule has 3 aliphatic rings. The molecule has 3 rings (SSSR count). The lowest BCUT2D eigenvalue weighted by Crippen LogP contribution is -2.63. The second kappa shape index (κ2) is 5.92. The number of hydrogen-bond donors (Lipinski definition) is 1. The van der Waals surface area contributed by atoms with E-state index in [1.807, 2.05) is 0 Å². The van der Waals surface area contributed by atoms with Crippen molar-refractivity contribution in [2.75, 3.05) is 44.7 Å². The van der Waals surface area contributed by atoms with Gasteiger partial charge in [0.05, 0.1) is 0 Å². The molecule has 110 valence electrons. The molecule has 0 amide bonds. The topological polar surface area (TPSA) is 32.5 Å². The van der Waals surface area contributed by atoms with Crippen LogP contribution in [0.25, 0.3) is 0 Å². The zero-order valence-electron chi connectivity index (χ0n) is 12.3. The van der Waals surface area contributed by atoms with Crippen molar-refractivity contribution in [3.63, 3.8) is 0 Å². The normalized spacial score (nSPS) is 42.0. The summed E-state index contributed by atoms with van der Waals surface area (Å²) in [6, 6.07) is 0.844. The maximum Gasteiger partial charge on any atom is 0.0422 e. The van der Waals surface area contributed by atoms with E-state index in [-0.39, 0.29) is 0 Å². The molecule has 3 atom stereocenters. The van der Waals surface area contributed by atoms with Crippen LogP contribution in [-0.4, -0.2) is 66.1 Å². The largest absolute Gasteiger partial charge is 0.329 e. The molecule has 0 bridgehead atoms. The van der Waals surface area contributed by atoms with Crippen molar-refractivity contribution in [3.8, 4) is 0 Å². The minimum absolute atomic E-state index is 0.323. The van der Waals surface area contributed by atoms with E-state index in [2.05, 4.69) is 28.6 Å². The Morgan fingerprint density at radius 1 is 1.26 bits per heavy atom. The third kappa shape index (κ3) is 2.69. The van der Waals surface area contributed by atoms with Crippen LogP contribution >= 0.6 is 11.8 Å². The summed E-state index contributed by atoms with van der Waals surface area (Å²) in [5.74, 6) is 3.49. The van der Waals surface area contributed by atoms with Crippen LogP contribution < -0.4 is 5.73 Å². The highest BCUT2D eigenvalue weighted by Crippen LogP contribution is 2.37. The molecular weight excluding hydrogens is 254 g/mol. The van der Waals surface area contributed by atoms with Crippen LogP contribution in [0.15, 0.2) is 0 Å². The first-order valence-electron chi connectivity index (χ1n) is 7.98. The number of hydrogen-bond acceptors (Lipinski definition) is 4. The van der Waals surface area contributed by atoms with Crippen molar-refractivity contribution >= 4 is 11.8 Å². The molecule has 3 unspecified atom stereocenters. The van der Waals surface area contributed by atoms with Gasteiger partial charge in [-0.05, 0) is 57.4 Å². The molecule has 2 N–H and O–H groups in total. The van der Waals surface area contributed by atoms with E-state index in [1.165, 1.54) is 63.2 Å². The van der Waals surface area contributed by atoms with Gasteiger partial charge in [-0.3, -0.25) is 4.90 Å². The van der Waals surface area contributed by atoms with Gasteiger partial charge >= 0.3 is 0 Å². The lowest BCUT2D eigenvalue weighted by atomic mass is 9.81. The third-order valence-electron chi connectivity index (χ3n) is 5.70. The lowest BCUT2D eigenvalue weighted by molar-refractivity contribution is -0.0101. The molecule has 3 aliphatic heterocycles. The average Bonchev–Trinajstić information content (AvgIpc) is 2.48. The molecule has 19 heavy (non-hydrogen) atoms. The van der Waals surface area contributed by atoms with Crippen molar-refractivity contribution in [3.05, 3.63) is 0 Å². The summed E-state index contributed by atoms with van der Waals surface area (Å²) in [5, 5.41) is 0. The number of likely N-dealkylation sites (tertiary alicyclic amines) is 2. The molecular formula is C15H29N3S. The number of nitrogens with zero attached hydrogens (tertiary/aromatic N) is 2. The minimum Gasteiger partial charge on any atom is -0.329 e. The van der Waals surface area contributed by atoms with Crippen LogP contribution in [0.4, 0.5) is 0 Å². The van der Waals surface area contributed by atoms with E-state index < -0.39 is 0 Å². The Balaban J connectivity index is 1.69. The van der Waals surface area contributed by atoms with Gasteiger partial charge in [-0.1, -0.05) is 0 Å². The van der Waals surface area contributed by atoms with E-state index in [0.717, 1.165) is 18.5 Å². The van der Waals surface area contributed by atoms with Crippen LogP contribution in [0.5, 0.6) is 0 Å². The predicted octanol–water partition coefficient (Wildman–Crippen LogP) is 1.63. The van der Waals surface area contributed by atoms with E-state index >= 15 is 0 Å². The molecule has 0 aromatic heterocycles. The molecule has 0 aromatic carbocycles. The van der Waals surface area contributed by atoms with Crippen LogP contribution in [0, 0.1) is 5.92 Å². The first-order chi connectivity index (χ1) is 9.25. The predicted molar refractivity (Wildman–Crippen MR) is 83.7 cm³/mol. The number of piperidine rings is 2. The summed E-state index contributed by atoms with van der Waals surface area (Å²) < 4.78 is 0. The third-order valence-corrected chi connectivity index (χ3v) is 7.02. The number of rotatable bonds is 2. The Kier molecular flexibility index (Phi) is 4.42. The highest BCUT2D eigenvalue weighted by Gasteiger charge is 2.43. The zero-order chi connectivity index (χ0) is 13.3. The van der Waals surface area contributed by atoms with Crippen LogP contribution in [0.2, 0.25) is 0 Å². The molecule has 0 aromatic rings. The maximum atomic E-state index is 6.20. The fraction of sp³-hybridized carbons (Fsp3) is 1.00. The van der Waals surface area contributed by atoms with Crippen LogP contribution in [0.1, 0.15) is 32.1 Å². The Morgan fingerprint density at radius 3 is 2.89 bits per heavy atom. The molecule has 4 heteroatoms. The first-order valence-corrected chi connectivity index (χ1v) is 9.14. The molecule has 0 aliphatic carbocycles. The second-order valence-electron chi connectivity index (χ2n) is 6.77. The molecule has 3 nitrogen and oxygen atoms in total. The number of nitrogens with two attached hydrogens (primary N) is 1. The highest BCUT2D eigenvalue weighted by atomic mass is 32.2. The van der Waals surface area contributed by atoms with Crippen molar-refractivity contribution in [1.29, 1.82) is 0 Å². The molecule has 0 saturated carbocycles. The van der Waals surface area contributed by atoms with E-state index in [9.17, 15) is 0 Å². The van der Waals surface area contributed by atoms with Crippen molar-refractivity contribution in [1.82, 2.24) is 9.80 Å². The standard InChI is InChI=1S/C15H29N3S/c1-17-7-2-4-13-10-18(8-5-14(13)17)15(11-16)6-3-9-19-12-15/h13-14H,2-12,16H2,1H3. The van der Waals surface area contributed by atoms with E-state index in [4.69, 9.17) is 5.73 Å². The lowest BCUT2D eigenvalue weighted by Gasteiger charge is -2.53. The Bertz CT molecular complexity index is 304. The Labute approximate surface area is 122 Å². The quantitative estimate of drug-likeness (QED) is 0.835. The smallest absolute Gasteiger partial charge is 0.0422 e. The van der Waals surface area contributed by atoms with Gasteiger partial charge in [0.2, 0.25) is 0 Å². The van der Waals surface area contributed by atoms with Crippen LogP contribution in [0.3, 0.4) is 0 Å². The Hall–Kier alpha value is 0.230.